The van der Waals surface area contributed by atoms with Crippen LogP contribution in [0, 0.1) is 5.82 Å². The maximum Gasteiger partial charge on any atom is 0.123 e. The number of hydrogen-bond donors (Lipinski definition) is 2. The molecule has 0 bridgehead atoms. The van der Waals surface area contributed by atoms with Gasteiger partial charge in [-0.1, -0.05) is 0 Å². The van der Waals surface area contributed by atoms with Crippen molar-refractivity contribution in [3.63, 3.8) is 0 Å². The Kier molecular flexibility index (Phi) is 5.48. The fourth-order valence-corrected chi connectivity index (χ4v) is 3.21. The predicted molar refractivity (Wildman–Crippen MR) is 92.5 cm³/mol. The molecule has 0 aliphatic carbocycles. The van der Waals surface area contributed by atoms with Crippen LogP contribution < -0.4 is 10.2 Å². The maximum absolute atomic E-state index is 13.8. The fourth-order valence-electron chi connectivity index (χ4n) is 3.21. The van der Waals surface area contributed by atoms with Gasteiger partial charge >= 0.3 is 0 Å². The monoisotopic (exact) mass is 332 g/mol. The fraction of sp³-hybridized carbons (Fsp3) is 0.500. The van der Waals surface area contributed by atoms with Crippen LogP contribution >= 0.6 is 0 Å². The SMILES string of the molecule is CC(NCCn1ccnc1)c1cc(F)ccc1N1CCC(O)CC1. The molecule has 1 atom stereocenters. The van der Waals surface area contributed by atoms with E-state index in [1.807, 2.05) is 16.8 Å². The molecule has 1 fully saturated rings. The van der Waals surface area contributed by atoms with Gasteiger partial charge < -0.3 is 19.9 Å². The first-order valence-corrected chi connectivity index (χ1v) is 8.55. The van der Waals surface area contributed by atoms with Crippen LogP contribution in [0.2, 0.25) is 0 Å². The van der Waals surface area contributed by atoms with Crippen molar-refractivity contribution >= 4 is 5.69 Å². The van der Waals surface area contributed by atoms with E-state index in [1.165, 1.54) is 6.07 Å². The van der Waals surface area contributed by atoms with E-state index in [-0.39, 0.29) is 18.0 Å². The lowest BCUT2D eigenvalue weighted by atomic mass is 10.0. The van der Waals surface area contributed by atoms with E-state index in [4.69, 9.17) is 0 Å². The number of aromatic nitrogens is 2. The number of aliphatic hydroxyl groups excluding tert-OH is 1. The number of piperidine rings is 1. The third kappa shape index (κ3) is 4.13. The highest BCUT2D eigenvalue weighted by Crippen LogP contribution is 2.29. The molecule has 2 heterocycles. The van der Waals surface area contributed by atoms with Gasteiger partial charge in [-0.15, -0.1) is 0 Å². The number of benzene rings is 1. The summed E-state index contributed by atoms with van der Waals surface area (Å²) in [7, 11) is 0. The molecule has 0 radical (unpaired) electrons. The summed E-state index contributed by atoms with van der Waals surface area (Å²) in [5.74, 6) is -0.214. The Bertz CT molecular complexity index is 638. The molecule has 1 aliphatic rings. The number of hydrogen-bond acceptors (Lipinski definition) is 4. The topological polar surface area (TPSA) is 53.3 Å². The molecule has 24 heavy (non-hydrogen) atoms. The van der Waals surface area contributed by atoms with Crippen molar-refractivity contribution in [2.45, 2.75) is 38.5 Å². The lowest BCUT2D eigenvalue weighted by Gasteiger charge is -2.34. The molecule has 0 amide bonds. The Morgan fingerprint density at radius 2 is 2.17 bits per heavy atom. The molecule has 2 N–H and O–H groups in total. The summed E-state index contributed by atoms with van der Waals surface area (Å²) in [5, 5.41) is 13.2. The molecule has 3 rings (SSSR count). The number of anilines is 1. The van der Waals surface area contributed by atoms with Gasteiger partial charge in [0.1, 0.15) is 5.82 Å². The van der Waals surface area contributed by atoms with Gasteiger partial charge in [0, 0.05) is 50.3 Å². The van der Waals surface area contributed by atoms with E-state index in [0.717, 1.165) is 50.3 Å². The van der Waals surface area contributed by atoms with E-state index >= 15 is 0 Å². The minimum absolute atomic E-state index is 0.0473. The molecule has 5 nitrogen and oxygen atoms in total. The van der Waals surface area contributed by atoms with Crippen molar-refractivity contribution in [3.8, 4) is 0 Å². The van der Waals surface area contributed by atoms with E-state index in [2.05, 4.69) is 22.1 Å². The lowest BCUT2D eigenvalue weighted by molar-refractivity contribution is 0.145. The van der Waals surface area contributed by atoms with Crippen LogP contribution in [-0.4, -0.2) is 40.4 Å². The van der Waals surface area contributed by atoms with Crippen LogP contribution in [0.15, 0.2) is 36.9 Å². The van der Waals surface area contributed by atoms with Gasteiger partial charge in [0.15, 0.2) is 0 Å². The van der Waals surface area contributed by atoms with Crippen LogP contribution in [-0.2, 0) is 6.54 Å². The highest BCUT2D eigenvalue weighted by atomic mass is 19.1. The van der Waals surface area contributed by atoms with Crippen molar-refractivity contribution < 1.29 is 9.50 Å². The van der Waals surface area contributed by atoms with Crippen molar-refractivity contribution in [1.82, 2.24) is 14.9 Å². The second kappa shape index (κ2) is 7.77. The van der Waals surface area contributed by atoms with Gasteiger partial charge in [-0.05, 0) is 43.5 Å². The molecular formula is C18H25FN4O. The average Bonchev–Trinajstić information content (AvgIpc) is 3.09. The van der Waals surface area contributed by atoms with E-state index in [1.54, 1.807) is 18.6 Å². The molecular weight excluding hydrogens is 307 g/mol. The normalized spacial score (nSPS) is 17.2. The molecule has 1 aliphatic heterocycles. The zero-order chi connectivity index (χ0) is 16.9. The lowest BCUT2D eigenvalue weighted by Crippen LogP contribution is -2.37. The number of imidazole rings is 1. The molecule has 1 saturated heterocycles. The second-order valence-corrected chi connectivity index (χ2v) is 6.40. The summed E-state index contributed by atoms with van der Waals surface area (Å²) < 4.78 is 15.8. The molecule has 2 aromatic rings. The maximum atomic E-state index is 13.8. The zero-order valence-electron chi connectivity index (χ0n) is 14.0. The molecule has 1 unspecified atom stereocenters. The Morgan fingerprint density at radius 3 is 2.88 bits per heavy atom. The highest BCUT2D eigenvalue weighted by Gasteiger charge is 2.21. The van der Waals surface area contributed by atoms with Crippen LogP contribution in [0.25, 0.3) is 0 Å². The Balaban J connectivity index is 1.67. The third-order valence-corrected chi connectivity index (χ3v) is 4.64. The van der Waals surface area contributed by atoms with Crippen LogP contribution in [0.4, 0.5) is 10.1 Å². The van der Waals surface area contributed by atoms with Crippen LogP contribution in [0.5, 0.6) is 0 Å². The van der Waals surface area contributed by atoms with Gasteiger partial charge in [-0.25, -0.2) is 9.37 Å². The molecule has 0 saturated carbocycles. The molecule has 1 aromatic heterocycles. The van der Waals surface area contributed by atoms with Crippen molar-refractivity contribution in [1.29, 1.82) is 0 Å². The van der Waals surface area contributed by atoms with E-state index in [0.29, 0.717) is 0 Å². The molecule has 130 valence electrons. The summed E-state index contributed by atoms with van der Waals surface area (Å²) in [5.41, 5.74) is 2.03. The number of aliphatic hydroxyl groups is 1. The van der Waals surface area contributed by atoms with Gasteiger partial charge in [0.2, 0.25) is 0 Å². The first-order valence-electron chi connectivity index (χ1n) is 8.55. The van der Waals surface area contributed by atoms with E-state index < -0.39 is 0 Å². The Hall–Kier alpha value is -1.92. The van der Waals surface area contributed by atoms with Gasteiger partial charge in [-0.3, -0.25) is 0 Å². The van der Waals surface area contributed by atoms with Crippen molar-refractivity contribution in [2.75, 3.05) is 24.5 Å². The summed E-state index contributed by atoms with van der Waals surface area (Å²) in [4.78, 5) is 6.28. The van der Waals surface area contributed by atoms with Crippen LogP contribution in [0.1, 0.15) is 31.4 Å². The number of nitrogens with zero attached hydrogens (tertiary/aromatic N) is 3. The van der Waals surface area contributed by atoms with E-state index in [9.17, 15) is 9.50 Å². The van der Waals surface area contributed by atoms with Crippen molar-refractivity contribution in [2.24, 2.45) is 0 Å². The first-order chi connectivity index (χ1) is 11.6. The molecule has 6 heteroatoms. The first kappa shape index (κ1) is 16.9. The third-order valence-electron chi connectivity index (χ3n) is 4.64. The van der Waals surface area contributed by atoms with Crippen molar-refractivity contribution in [3.05, 3.63) is 48.3 Å². The standard InChI is InChI=1S/C18H25FN4O/c1-14(21-7-11-22-10-6-20-13-22)17-12-15(19)2-3-18(17)23-8-4-16(24)5-9-23/h2-3,6,10,12-14,16,21,24H,4-5,7-9,11H2,1H3. The second-order valence-electron chi connectivity index (χ2n) is 6.40. The number of halogens is 1. The average molecular weight is 332 g/mol. The smallest absolute Gasteiger partial charge is 0.123 e. The molecule has 1 aromatic carbocycles. The highest BCUT2D eigenvalue weighted by molar-refractivity contribution is 5.55. The largest absolute Gasteiger partial charge is 0.393 e. The Morgan fingerprint density at radius 1 is 1.38 bits per heavy atom. The minimum atomic E-state index is -0.214. The summed E-state index contributed by atoms with van der Waals surface area (Å²) in [6, 6.07) is 5.04. The summed E-state index contributed by atoms with van der Waals surface area (Å²) in [6.45, 7) is 5.28. The zero-order valence-corrected chi connectivity index (χ0v) is 14.0. The van der Waals surface area contributed by atoms with Gasteiger partial charge in [-0.2, -0.15) is 0 Å². The quantitative estimate of drug-likeness (QED) is 0.852. The number of nitrogens with one attached hydrogen (secondary N) is 1. The molecule has 0 spiro atoms. The summed E-state index contributed by atoms with van der Waals surface area (Å²) >= 11 is 0. The predicted octanol–water partition coefficient (Wildman–Crippen LogP) is 2.33. The van der Waals surface area contributed by atoms with Gasteiger partial charge in [0.25, 0.3) is 0 Å². The Labute approximate surface area is 142 Å². The van der Waals surface area contributed by atoms with Gasteiger partial charge in [0.05, 0.1) is 12.4 Å². The van der Waals surface area contributed by atoms with Crippen LogP contribution in [0.3, 0.4) is 0 Å². The minimum Gasteiger partial charge on any atom is -0.393 e. The number of rotatable bonds is 6. The summed E-state index contributed by atoms with van der Waals surface area (Å²) in [6.07, 6.45) is 6.80.